The van der Waals surface area contributed by atoms with Crippen LogP contribution < -0.4 is 5.46 Å². The van der Waals surface area contributed by atoms with E-state index in [1.54, 1.807) is 17.4 Å². The molecule has 0 spiro atoms. The van der Waals surface area contributed by atoms with Gasteiger partial charge in [0.25, 0.3) is 0 Å². The summed E-state index contributed by atoms with van der Waals surface area (Å²) in [5.74, 6) is 0. The second-order valence-electron chi connectivity index (χ2n) is 4.50. The molecule has 0 saturated carbocycles. The number of rotatable bonds is 6. The molecule has 0 aliphatic carbocycles. The Bertz CT molecular complexity index is 502. The van der Waals surface area contributed by atoms with Gasteiger partial charge in [-0.2, -0.15) is 0 Å². The van der Waals surface area contributed by atoms with Crippen molar-refractivity contribution >= 4 is 23.9 Å². The SMILES string of the molecule is CCN(Cc1cccc(B(O)O)c1)Cc1cccs1. The van der Waals surface area contributed by atoms with Crippen molar-refractivity contribution in [2.24, 2.45) is 0 Å². The van der Waals surface area contributed by atoms with E-state index in [9.17, 15) is 10.0 Å². The summed E-state index contributed by atoms with van der Waals surface area (Å²) >= 11 is 1.76. The van der Waals surface area contributed by atoms with Crippen molar-refractivity contribution in [1.82, 2.24) is 4.90 Å². The second kappa shape index (κ2) is 6.87. The molecule has 3 nitrogen and oxygen atoms in total. The summed E-state index contributed by atoms with van der Waals surface area (Å²) in [5, 5.41) is 20.5. The van der Waals surface area contributed by atoms with Gasteiger partial charge in [0.05, 0.1) is 0 Å². The highest BCUT2D eigenvalue weighted by atomic mass is 32.1. The normalized spacial score (nSPS) is 10.9. The number of hydrogen-bond donors (Lipinski definition) is 2. The van der Waals surface area contributed by atoms with Crippen molar-refractivity contribution in [2.45, 2.75) is 20.0 Å². The Kier molecular flexibility index (Phi) is 5.16. The first-order chi connectivity index (χ1) is 9.19. The number of nitrogens with zero attached hydrogens (tertiary/aromatic N) is 1. The Balaban J connectivity index is 2.03. The molecule has 100 valence electrons. The quantitative estimate of drug-likeness (QED) is 0.784. The Morgan fingerprint density at radius 2 is 2.00 bits per heavy atom. The van der Waals surface area contributed by atoms with E-state index < -0.39 is 7.12 Å². The van der Waals surface area contributed by atoms with Gasteiger partial charge in [-0.3, -0.25) is 4.90 Å². The fourth-order valence-corrected chi connectivity index (χ4v) is 2.76. The zero-order valence-corrected chi connectivity index (χ0v) is 11.8. The molecule has 2 N–H and O–H groups in total. The zero-order chi connectivity index (χ0) is 13.7. The third-order valence-corrected chi connectivity index (χ3v) is 3.92. The first-order valence-corrected chi connectivity index (χ1v) is 7.26. The van der Waals surface area contributed by atoms with Crippen molar-refractivity contribution < 1.29 is 10.0 Å². The topological polar surface area (TPSA) is 43.7 Å². The monoisotopic (exact) mass is 275 g/mol. The summed E-state index contributed by atoms with van der Waals surface area (Å²) in [6, 6.07) is 11.7. The van der Waals surface area contributed by atoms with Crippen LogP contribution in [0.2, 0.25) is 0 Å². The molecular formula is C14H18BNO2S. The Morgan fingerprint density at radius 3 is 2.63 bits per heavy atom. The van der Waals surface area contributed by atoms with E-state index in [0.717, 1.165) is 25.2 Å². The van der Waals surface area contributed by atoms with Gasteiger partial charge in [0, 0.05) is 18.0 Å². The molecule has 0 unspecified atom stereocenters. The molecule has 0 bridgehead atoms. The predicted molar refractivity (Wildman–Crippen MR) is 80.4 cm³/mol. The van der Waals surface area contributed by atoms with E-state index in [1.807, 2.05) is 18.2 Å². The molecule has 2 rings (SSSR count). The number of hydrogen-bond acceptors (Lipinski definition) is 4. The van der Waals surface area contributed by atoms with Gasteiger partial charge in [-0.15, -0.1) is 11.3 Å². The molecule has 1 aromatic carbocycles. The maximum absolute atomic E-state index is 9.19. The molecule has 0 radical (unpaired) electrons. The molecule has 1 heterocycles. The van der Waals surface area contributed by atoms with Gasteiger partial charge < -0.3 is 10.0 Å². The third-order valence-electron chi connectivity index (χ3n) is 3.06. The fraction of sp³-hybridized carbons (Fsp3) is 0.286. The van der Waals surface area contributed by atoms with Gasteiger partial charge in [-0.1, -0.05) is 37.3 Å². The lowest BCUT2D eigenvalue weighted by Crippen LogP contribution is -2.30. The van der Waals surface area contributed by atoms with Crippen LogP contribution in [0.5, 0.6) is 0 Å². The molecule has 5 heteroatoms. The van der Waals surface area contributed by atoms with Crippen molar-refractivity contribution in [3.63, 3.8) is 0 Å². The van der Waals surface area contributed by atoms with E-state index in [1.165, 1.54) is 4.88 Å². The number of thiophene rings is 1. The molecule has 19 heavy (non-hydrogen) atoms. The molecule has 0 amide bonds. The molecule has 2 aromatic rings. The van der Waals surface area contributed by atoms with E-state index in [0.29, 0.717) is 5.46 Å². The van der Waals surface area contributed by atoms with Crippen LogP contribution in [0.3, 0.4) is 0 Å². The standard InChI is InChI=1S/C14H18BNO2S/c1-2-16(11-14-7-4-8-19-14)10-12-5-3-6-13(9-12)15(17)18/h3-9,17-18H,2,10-11H2,1H3. The minimum absolute atomic E-state index is 0.546. The fourth-order valence-electron chi connectivity index (χ4n) is 2.01. The highest BCUT2D eigenvalue weighted by Gasteiger charge is 2.12. The lowest BCUT2D eigenvalue weighted by Gasteiger charge is -2.20. The van der Waals surface area contributed by atoms with Crippen LogP contribution in [0.4, 0.5) is 0 Å². The minimum atomic E-state index is -1.40. The largest absolute Gasteiger partial charge is 0.488 e. The van der Waals surface area contributed by atoms with E-state index in [2.05, 4.69) is 29.3 Å². The average molecular weight is 275 g/mol. The minimum Gasteiger partial charge on any atom is -0.423 e. The van der Waals surface area contributed by atoms with Gasteiger partial charge in [0.2, 0.25) is 0 Å². The molecule has 1 aromatic heterocycles. The van der Waals surface area contributed by atoms with Gasteiger partial charge in [0.15, 0.2) is 0 Å². The van der Waals surface area contributed by atoms with Crippen molar-refractivity contribution in [3.05, 3.63) is 52.2 Å². The van der Waals surface area contributed by atoms with E-state index >= 15 is 0 Å². The van der Waals surface area contributed by atoms with Crippen molar-refractivity contribution in [1.29, 1.82) is 0 Å². The molecule has 0 saturated heterocycles. The van der Waals surface area contributed by atoms with Gasteiger partial charge in [-0.25, -0.2) is 0 Å². The highest BCUT2D eigenvalue weighted by Crippen LogP contribution is 2.13. The Labute approximate surface area is 118 Å². The maximum Gasteiger partial charge on any atom is 0.488 e. The summed E-state index contributed by atoms with van der Waals surface area (Å²) in [5.41, 5.74) is 1.65. The summed E-state index contributed by atoms with van der Waals surface area (Å²) in [6.45, 7) is 4.84. The van der Waals surface area contributed by atoms with Crippen LogP contribution in [-0.4, -0.2) is 28.6 Å². The average Bonchev–Trinajstić information content (AvgIpc) is 2.91. The summed E-state index contributed by atoms with van der Waals surface area (Å²) in [7, 11) is -1.40. The van der Waals surface area contributed by atoms with Crippen LogP contribution in [0.25, 0.3) is 0 Å². The Hall–Kier alpha value is -1.14. The smallest absolute Gasteiger partial charge is 0.423 e. The van der Waals surface area contributed by atoms with Crippen LogP contribution in [0, 0.1) is 0 Å². The number of benzene rings is 1. The maximum atomic E-state index is 9.19. The molecule has 0 aliphatic heterocycles. The van der Waals surface area contributed by atoms with Crippen molar-refractivity contribution in [2.75, 3.05) is 6.54 Å². The van der Waals surface area contributed by atoms with E-state index in [4.69, 9.17) is 0 Å². The first kappa shape index (κ1) is 14.3. The molecule has 0 aliphatic rings. The van der Waals surface area contributed by atoms with Gasteiger partial charge >= 0.3 is 7.12 Å². The zero-order valence-electron chi connectivity index (χ0n) is 11.0. The van der Waals surface area contributed by atoms with Crippen LogP contribution in [0.1, 0.15) is 17.4 Å². The lowest BCUT2D eigenvalue weighted by molar-refractivity contribution is 0.274. The third kappa shape index (κ3) is 4.18. The van der Waals surface area contributed by atoms with Crippen molar-refractivity contribution in [3.8, 4) is 0 Å². The van der Waals surface area contributed by atoms with Gasteiger partial charge in [0.1, 0.15) is 0 Å². The molecule has 0 fully saturated rings. The first-order valence-electron chi connectivity index (χ1n) is 6.38. The predicted octanol–water partition coefficient (Wildman–Crippen LogP) is 1.45. The van der Waals surface area contributed by atoms with E-state index in [-0.39, 0.29) is 0 Å². The highest BCUT2D eigenvalue weighted by molar-refractivity contribution is 7.09. The summed E-state index contributed by atoms with van der Waals surface area (Å²) < 4.78 is 0. The van der Waals surface area contributed by atoms with Gasteiger partial charge in [-0.05, 0) is 29.0 Å². The molecular weight excluding hydrogens is 257 g/mol. The van der Waals surface area contributed by atoms with Crippen LogP contribution >= 0.6 is 11.3 Å². The Morgan fingerprint density at radius 1 is 1.16 bits per heavy atom. The summed E-state index contributed by atoms with van der Waals surface area (Å²) in [4.78, 5) is 3.68. The second-order valence-corrected chi connectivity index (χ2v) is 5.53. The molecule has 0 atom stereocenters. The summed E-state index contributed by atoms with van der Waals surface area (Å²) in [6.07, 6.45) is 0. The van der Waals surface area contributed by atoms with Crippen LogP contribution in [0.15, 0.2) is 41.8 Å². The lowest BCUT2D eigenvalue weighted by atomic mass is 9.79. The van der Waals surface area contributed by atoms with Crippen LogP contribution in [-0.2, 0) is 13.1 Å².